The van der Waals surface area contributed by atoms with Gasteiger partial charge >= 0.3 is 6.18 Å². The van der Waals surface area contributed by atoms with E-state index in [2.05, 4.69) is 9.97 Å². The number of pyridine rings is 2. The van der Waals surface area contributed by atoms with Gasteiger partial charge in [-0.05, 0) is 25.1 Å². The molecule has 0 aliphatic carbocycles. The van der Waals surface area contributed by atoms with Crippen molar-refractivity contribution in [2.24, 2.45) is 0 Å². The maximum Gasteiger partial charge on any atom is 0.417 e. The van der Waals surface area contributed by atoms with Crippen LogP contribution in [-0.4, -0.2) is 15.8 Å². The summed E-state index contributed by atoms with van der Waals surface area (Å²) in [5.41, 5.74) is -0.684. The number of ketones is 1. The van der Waals surface area contributed by atoms with E-state index >= 15 is 0 Å². The lowest BCUT2D eigenvalue weighted by Gasteiger charge is -2.11. The van der Waals surface area contributed by atoms with Crippen LogP contribution in [0.5, 0.6) is 0 Å². The molecule has 0 saturated carbocycles. The molecule has 19 heavy (non-hydrogen) atoms. The molecule has 0 atom stereocenters. The van der Waals surface area contributed by atoms with Crippen LogP contribution in [0.3, 0.4) is 0 Å². The van der Waals surface area contributed by atoms with Crippen LogP contribution >= 0.6 is 0 Å². The van der Waals surface area contributed by atoms with Crippen LogP contribution in [0.2, 0.25) is 0 Å². The van der Waals surface area contributed by atoms with E-state index < -0.39 is 23.1 Å². The molecule has 0 aliphatic rings. The fourth-order valence-electron chi connectivity index (χ4n) is 1.58. The molecule has 3 nitrogen and oxygen atoms in total. The summed E-state index contributed by atoms with van der Waals surface area (Å²) in [5.74, 6) is -0.743. The van der Waals surface area contributed by atoms with Crippen molar-refractivity contribution in [2.75, 3.05) is 0 Å². The molecule has 2 heterocycles. The van der Waals surface area contributed by atoms with Crippen LogP contribution in [0.15, 0.2) is 36.8 Å². The number of hydrogen-bond donors (Lipinski definition) is 0. The number of carbonyl (C=O) groups is 1. The van der Waals surface area contributed by atoms with Gasteiger partial charge in [-0.3, -0.25) is 14.8 Å². The highest BCUT2D eigenvalue weighted by Crippen LogP contribution is 2.32. The first-order chi connectivity index (χ1) is 8.89. The van der Waals surface area contributed by atoms with Gasteiger partial charge in [0.25, 0.3) is 0 Å². The maximum atomic E-state index is 12.8. The number of aromatic nitrogens is 2. The zero-order valence-corrected chi connectivity index (χ0v) is 9.90. The van der Waals surface area contributed by atoms with E-state index in [1.807, 2.05) is 0 Å². The highest BCUT2D eigenvalue weighted by atomic mass is 19.4. The Morgan fingerprint density at radius 3 is 2.47 bits per heavy atom. The topological polar surface area (TPSA) is 42.9 Å². The largest absolute Gasteiger partial charge is 0.417 e. The summed E-state index contributed by atoms with van der Waals surface area (Å²) in [6.45, 7) is 1.72. The van der Waals surface area contributed by atoms with Crippen molar-refractivity contribution in [3.8, 4) is 0 Å². The van der Waals surface area contributed by atoms with Gasteiger partial charge in [-0.15, -0.1) is 0 Å². The van der Waals surface area contributed by atoms with Crippen molar-refractivity contribution >= 4 is 5.78 Å². The Morgan fingerprint density at radius 2 is 1.89 bits per heavy atom. The molecule has 6 heteroatoms. The summed E-state index contributed by atoms with van der Waals surface area (Å²) in [4.78, 5) is 19.5. The number of aryl methyl sites for hydroxylation is 1. The van der Waals surface area contributed by atoms with Crippen molar-refractivity contribution in [1.82, 2.24) is 9.97 Å². The minimum atomic E-state index is -4.59. The summed E-state index contributed by atoms with van der Waals surface area (Å²) >= 11 is 0. The fourth-order valence-corrected chi connectivity index (χ4v) is 1.58. The van der Waals surface area contributed by atoms with Gasteiger partial charge in [-0.2, -0.15) is 13.2 Å². The summed E-state index contributed by atoms with van der Waals surface area (Å²) in [5, 5.41) is 0. The van der Waals surface area contributed by atoms with Gasteiger partial charge in [0, 0.05) is 29.8 Å². The predicted octanol–water partition coefficient (Wildman–Crippen LogP) is 3.03. The fraction of sp³-hybridized carbons (Fsp3) is 0.154. The van der Waals surface area contributed by atoms with E-state index in [9.17, 15) is 18.0 Å². The Bertz CT molecular complexity index is 606. The van der Waals surface area contributed by atoms with Gasteiger partial charge in [0.15, 0.2) is 5.78 Å². The molecule has 2 aromatic heterocycles. The van der Waals surface area contributed by atoms with E-state index in [0.717, 1.165) is 18.5 Å². The number of alkyl halides is 3. The number of carbonyl (C=O) groups excluding carboxylic acids is 1. The Hall–Kier alpha value is -2.24. The minimum Gasteiger partial charge on any atom is -0.288 e. The average molecular weight is 266 g/mol. The molecular formula is C13H9F3N2O. The second-order valence-electron chi connectivity index (χ2n) is 3.94. The molecule has 2 aromatic rings. The number of hydrogen-bond acceptors (Lipinski definition) is 3. The highest BCUT2D eigenvalue weighted by Gasteiger charge is 2.35. The average Bonchev–Trinajstić information content (AvgIpc) is 2.38. The first-order valence-corrected chi connectivity index (χ1v) is 5.38. The molecule has 0 unspecified atom stereocenters. The monoisotopic (exact) mass is 266 g/mol. The van der Waals surface area contributed by atoms with Gasteiger partial charge in [0.2, 0.25) is 0 Å². The Kier molecular flexibility index (Phi) is 3.33. The standard InChI is InChI=1S/C13H9F3N2O/c1-8-2-3-9(6-18-8)12(19)10-7-17-5-4-11(10)13(14,15)16/h2-7H,1H3. The molecule has 0 radical (unpaired) electrons. The van der Waals surface area contributed by atoms with E-state index in [0.29, 0.717) is 5.69 Å². The van der Waals surface area contributed by atoms with Gasteiger partial charge in [0.1, 0.15) is 0 Å². The van der Waals surface area contributed by atoms with Gasteiger partial charge in [-0.1, -0.05) is 0 Å². The zero-order chi connectivity index (χ0) is 14.0. The Morgan fingerprint density at radius 1 is 1.16 bits per heavy atom. The molecule has 0 aromatic carbocycles. The molecule has 0 aliphatic heterocycles. The van der Waals surface area contributed by atoms with Crippen LogP contribution in [-0.2, 0) is 6.18 Å². The lowest BCUT2D eigenvalue weighted by molar-refractivity contribution is -0.137. The second-order valence-corrected chi connectivity index (χ2v) is 3.94. The smallest absolute Gasteiger partial charge is 0.288 e. The zero-order valence-electron chi connectivity index (χ0n) is 9.90. The van der Waals surface area contributed by atoms with Crippen LogP contribution < -0.4 is 0 Å². The molecule has 0 bridgehead atoms. The van der Waals surface area contributed by atoms with Crippen molar-refractivity contribution in [3.63, 3.8) is 0 Å². The first-order valence-electron chi connectivity index (χ1n) is 5.38. The van der Waals surface area contributed by atoms with Crippen LogP contribution in [0.1, 0.15) is 27.2 Å². The number of halogens is 3. The summed E-state index contributed by atoms with van der Waals surface area (Å²) in [7, 11) is 0. The predicted molar refractivity (Wildman–Crippen MR) is 61.6 cm³/mol. The lowest BCUT2D eigenvalue weighted by Crippen LogP contribution is -2.14. The van der Waals surface area contributed by atoms with Crippen LogP contribution in [0.4, 0.5) is 13.2 Å². The normalized spacial score (nSPS) is 11.4. The Balaban J connectivity index is 2.48. The van der Waals surface area contributed by atoms with Gasteiger partial charge in [-0.25, -0.2) is 0 Å². The lowest BCUT2D eigenvalue weighted by atomic mass is 10.0. The van der Waals surface area contributed by atoms with E-state index in [4.69, 9.17) is 0 Å². The summed E-state index contributed by atoms with van der Waals surface area (Å²) < 4.78 is 38.4. The minimum absolute atomic E-state index is 0.101. The molecule has 0 spiro atoms. The van der Waals surface area contributed by atoms with Crippen molar-refractivity contribution in [1.29, 1.82) is 0 Å². The van der Waals surface area contributed by atoms with Crippen LogP contribution in [0.25, 0.3) is 0 Å². The summed E-state index contributed by atoms with van der Waals surface area (Å²) in [6.07, 6.45) is -1.41. The van der Waals surface area contributed by atoms with Crippen molar-refractivity contribution < 1.29 is 18.0 Å². The SMILES string of the molecule is Cc1ccc(C(=O)c2cnccc2C(F)(F)F)cn1. The molecule has 0 saturated heterocycles. The molecule has 98 valence electrons. The third-order valence-electron chi connectivity index (χ3n) is 2.54. The number of nitrogens with zero attached hydrogens (tertiary/aromatic N) is 2. The Labute approximate surface area is 107 Å². The highest BCUT2D eigenvalue weighted by molar-refractivity contribution is 6.09. The molecular weight excluding hydrogens is 257 g/mol. The third-order valence-corrected chi connectivity index (χ3v) is 2.54. The van der Waals surface area contributed by atoms with E-state index in [-0.39, 0.29) is 5.56 Å². The second kappa shape index (κ2) is 4.79. The summed E-state index contributed by atoms with van der Waals surface area (Å²) in [6, 6.07) is 3.80. The van der Waals surface area contributed by atoms with Crippen LogP contribution in [0, 0.1) is 6.92 Å². The number of rotatable bonds is 2. The van der Waals surface area contributed by atoms with E-state index in [1.165, 1.54) is 12.3 Å². The maximum absolute atomic E-state index is 12.8. The van der Waals surface area contributed by atoms with Crippen molar-refractivity contribution in [2.45, 2.75) is 13.1 Å². The van der Waals surface area contributed by atoms with Crippen molar-refractivity contribution in [3.05, 3.63) is 59.2 Å². The van der Waals surface area contributed by atoms with E-state index in [1.54, 1.807) is 13.0 Å². The molecule has 0 amide bonds. The van der Waals surface area contributed by atoms with Gasteiger partial charge in [0.05, 0.1) is 11.1 Å². The molecule has 2 rings (SSSR count). The molecule has 0 fully saturated rings. The first kappa shape index (κ1) is 13.2. The molecule has 0 N–H and O–H groups in total. The van der Waals surface area contributed by atoms with Gasteiger partial charge < -0.3 is 0 Å². The third kappa shape index (κ3) is 2.78. The quantitative estimate of drug-likeness (QED) is 0.785.